The fourth-order valence-electron chi connectivity index (χ4n) is 4.32. The molecule has 2 rings (SSSR count). The number of hydrogen-bond acceptors (Lipinski definition) is 5. The molecule has 37 heavy (non-hydrogen) atoms. The first-order chi connectivity index (χ1) is 15.5. The van der Waals surface area contributed by atoms with Crippen LogP contribution in [-0.2, 0) is 12.3 Å². The van der Waals surface area contributed by atoms with Crippen molar-refractivity contribution in [2.75, 3.05) is 13.1 Å². The summed E-state index contributed by atoms with van der Waals surface area (Å²) < 4.78 is 21.4. The standard InChI is InChI=1S/C24H44N2O3Si4.4CH4/c1-30(2,21-13-19-25)27-32(5,6)29-33(23-15-9-7-10-16-23,24-17-11-8-12-18-24)28-31(3,4)22-14-20-26;;;;/h7-12,15-18H,13-14,19-22,25-26H2,1-6H3;4*1H4. The van der Waals surface area contributed by atoms with E-state index in [-0.39, 0.29) is 29.7 Å². The lowest BCUT2D eigenvalue weighted by Gasteiger charge is -2.44. The molecule has 0 saturated heterocycles. The van der Waals surface area contributed by atoms with Crippen molar-refractivity contribution >= 4 is 44.1 Å². The molecular formula is C28H60N2O3Si4. The minimum Gasteiger partial charge on any atom is -0.436 e. The molecule has 0 spiro atoms. The number of nitrogens with two attached hydrogens (primary N) is 2. The van der Waals surface area contributed by atoms with Gasteiger partial charge in [-0.2, -0.15) is 0 Å². The van der Waals surface area contributed by atoms with Gasteiger partial charge in [-0.25, -0.2) is 0 Å². The summed E-state index contributed by atoms with van der Waals surface area (Å²) in [6, 6.07) is 23.1. The van der Waals surface area contributed by atoms with Gasteiger partial charge in [-0.05, 0) is 87.7 Å². The summed E-state index contributed by atoms with van der Waals surface area (Å²) >= 11 is 0. The molecule has 2 aromatic rings. The van der Waals surface area contributed by atoms with Gasteiger partial charge in [-0.15, -0.1) is 0 Å². The normalized spacial score (nSPS) is 11.9. The fourth-order valence-corrected chi connectivity index (χ4v) is 23.0. The number of benzene rings is 2. The van der Waals surface area contributed by atoms with Gasteiger partial charge in [0, 0.05) is 0 Å². The third-order valence-corrected chi connectivity index (χ3v) is 21.6. The number of hydrogen-bond donors (Lipinski definition) is 2. The summed E-state index contributed by atoms with van der Waals surface area (Å²) in [5.74, 6) is 0. The highest BCUT2D eigenvalue weighted by atomic mass is 28.5. The molecule has 0 fully saturated rings. The molecule has 0 radical (unpaired) electrons. The maximum atomic E-state index is 7.28. The summed E-state index contributed by atoms with van der Waals surface area (Å²) in [7, 11) is -9.62. The van der Waals surface area contributed by atoms with Crippen LogP contribution in [0, 0.1) is 0 Å². The maximum absolute atomic E-state index is 7.28. The van der Waals surface area contributed by atoms with Crippen molar-refractivity contribution in [2.45, 2.75) is 93.9 Å². The Hall–Kier alpha value is -0.892. The molecule has 0 aliphatic rings. The van der Waals surface area contributed by atoms with E-state index in [1.165, 1.54) is 0 Å². The smallest absolute Gasteiger partial charge is 0.388 e. The topological polar surface area (TPSA) is 79.7 Å². The summed E-state index contributed by atoms with van der Waals surface area (Å²) in [6.45, 7) is 14.8. The quantitative estimate of drug-likeness (QED) is 0.243. The zero-order valence-corrected chi connectivity index (χ0v) is 25.4. The lowest BCUT2D eigenvalue weighted by atomic mass is 10.4. The van der Waals surface area contributed by atoms with E-state index in [0.717, 1.165) is 35.3 Å². The van der Waals surface area contributed by atoms with Gasteiger partial charge >= 0.3 is 17.1 Å². The van der Waals surface area contributed by atoms with Gasteiger partial charge in [-0.3, -0.25) is 0 Å². The summed E-state index contributed by atoms with van der Waals surface area (Å²) in [6.07, 6.45) is 1.95. The zero-order chi connectivity index (χ0) is 24.6. The Morgan fingerprint density at radius 1 is 0.541 bits per heavy atom. The van der Waals surface area contributed by atoms with Crippen molar-refractivity contribution in [3.8, 4) is 0 Å². The SMILES string of the molecule is C.C.C.C.C[Si](C)(CCCN)O[Si](C)(C)O[Si](O[Si](C)(C)CCCN)(c1ccccc1)c1ccccc1. The Bertz CT molecular complexity index is 798. The summed E-state index contributed by atoms with van der Waals surface area (Å²) in [5, 5.41) is 2.27. The molecule has 0 aromatic heterocycles. The van der Waals surface area contributed by atoms with E-state index >= 15 is 0 Å². The number of rotatable bonds is 14. The third kappa shape index (κ3) is 12.7. The van der Waals surface area contributed by atoms with E-state index in [9.17, 15) is 0 Å². The summed E-state index contributed by atoms with van der Waals surface area (Å²) in [4.78, 5) is 0. The van der Waals surface area contributed by atoms with Crippen molar-refractivity contribution in [3.63, 3.8) is 0 Å². The average Bonchev–Trinajstić information content (AvgIpc) is 2.76. The van der Waals surface area contributed by atoms with Crippen LogP contribution in [-0.4, -0.2) is 46.8 Å². The molecular weight excluding hydrogens is 525 g/mol. The van der Waals surface area contributed by atoms with E-state index in [1.807, 2.05) is 12.1 Å². The van der Waals surface area contributed by atoms with E-state index in [1.54, 1.807) is 0 Å². The van der Waals surface area contributed by atoms with Gasteiger partial charge < -0.3 is 23.8 Å². The molecule has 0 atom stereocenters. The highest BCUT2D eigenvalue weighted by Crippen LogP contribution is 2.27. The van der Waals surface area contributed by atoms with E-state index in [2.05, 4.69) is 87.8 Å². The van der Waals surface area contributed by atoms with Crippen LogP contribution in [0.3, 0.4) is 0 Å². The molecule has 5 nitrogen and oxygen atoms in total. The Balaban J connectivity index is -0.00000289. The Morgan fingerprint density at radius 3 is 1.24 bits per heavy atom. The predicted octanol–water partition coefficient (Wildman–Crippen LogP) is 6.65. The van der Waals surface area contributed by atoms with Crippen LogP contribution in [0.2, 0.25) is 51.4 Å². The molecule has 0 bridgehead atoms. The van der Waals surface area contributed by atoms with Crippen molar-refractivity contribution in [2.24, 2.45) is 11.5 Å². The van der Waals surface area contributed by atoms with E-state index < -0.39 is 33.8 Å². The monoisotopic (exact) mass is 584 g/mol. The second-order valence-electron chi connectivity index (χ2n) is 10.4. The van der Waals surface area contributed by atoms with Crippen LogP contribution in [0.25, 0.3) is 0 Å². The van der Waals surface area contributed by atoms with Gasteiger partial charge in [0.1, 0.15) is 0 Å². The summed E-state index contributed by atoms with van der Waals surface area (Å²) in [5.41, 5.74) is 11.7. The van der Waals surface area contributed by atoms with E-state index in [0.29, 0.717) is 13.1 Å². The van der Waals surface area contributed by atoms with Crippen molar-refractivity contribution in [1.82, 2.24) is 0 Å². The first kappa shape index (κ1) is 40.6. The van der Waals surface area contributed by atoms with E-state index in [4.69, 9.17) is 23.8 Å². The lowest BCUT2D eigenvalue weighted by molar-refractivity contribution is 0.339. The van der Waals surface area contributed by atoms with Gasteiger partial charge in [0.2, 0.25) is 0 Å². The largest absolute Gasteiger partial charge is 0.436 e. The minimum atomic E-state index is -3.04. The lowest BCUT2D eigenvalue weighted by Crippen LogP contribution is -2.71. The third-order valence-electron chi connectivity index (χ3n) is 5.61. The van der Waals surface area contributed by atoms with Gasteiger partial charge in [0.05, 0.1) is 0 Å². The first-order valence-corrected chi connectivity index (χ1v) is 22.9. The van der Waals surface area contributed by atoms with Crippen LogP contribution in [0.1, 0.15) is 42.5 Å². The fraction of sp³-hybridized carbons (Fsp3) is 0.571. The molecule has 4 N–H and O–H groups in total. The minimum absolute atomic E-state index is 0. The van der Waals surface area contributed by atoms with Gasteiger partial charge in [-0.1, -0.05) is 90.4 Å². The van der Waals surface area contributed by atoms with Crippen LogP contribution >= 0.6 is 0 Å². The molecule has 216 valence electrons. The molecule has 0 unspecified atom stereocenters. The Kier molecular flexibility index (Phi) is 19.4. The van der Waals surface area contributed by atoms with Crippen LogP contribution < -0.4 is 21.8 Å². The van der Waals surface area contributed by atoms with Gasteiger partial charge in [0.15, 0.2) is 16.6 Å². The molecule has 9 heteroatoms. The average molecular weight is 585 g/mol. The predicted molar refractivity (Wildman–Crippen MR) is 177 cm³/mol. The maximum Gasteiger partial charge on any atom is 0.388 e. The van der Waals surface area contributed by atoms with Crippen molar-refractivity contribution in [1.29, 1.82) is 0 Å². The Labute approximate surface area is 235 Å². The molecule has 2 aromatic carbocycles. The van der Waals surface area contributed by atoms with Crippen molar-refractivity contribution < 1.29 is 12.3 Å². The molecule has 0 saturated carbocycles. The highest BCUT2D eigenvalue weighted by molar-refractivity contribution is 7.02. The molecule has 0 amide bonds. The van der Waals surface area contributed by atoms with Crippen LogP contribution in [0.15, 0.2) is 60.7 Å². The van der Waals surface area contributed by atoms with Crippen LogP contribution in [0.4, 0.5) is 0 Å². The van der Waals surface area contributed by atoms with Crippen LogP contribution in [0.5, 0.6) is 0 Å². The zero-order valence-electron chi connectivity index (χ0n) is 21.4. The molecule has 0 aliphatic heterocycles. The molecule has 0 aliphatic carbocycles. The second kappa shape index (κ2) is 17.6. The highest BCUT2D eigenvalue weighted by Gasteiger charge is 2.52. The van der Waals surface area contributed by atoms with Crippen molar-refractivity contribution in [3.05, 3.63) is 60.7 Å². The second-order valence-corrected chi connectivity index (χ2v) is 26.0. The van der Waals surface area contributed by atoms with Gasteiger partial charge in [0.25, 0.3) is 0 Å². The first-order valence-electron chi connectivity index (χ1n) is 12.1. The molecule has 0 heterocycles. The Morgan fingerprint density at radius 2 is 0.892 bits per heavy atom.